The summed E-state index contributed by atoms with van der Waals surface area (Å²) < 4.78 is 0. The van der Waals surface area contributed by atoms with E-state index in [1.165, 1.54) is 19.4 Å². The summed E-state index contributed by atoms with van der Waals surface area (Å²) in [4.78, 5) is 2.37. The normalized spacial score (nSPS) is 21.9. The summed E-state index contributed by atoms with van der Waals surface area (Å²) in [6.45, 7) is 6.86. The van der Waals surface area contributed by atoms with Crippen LogP contribution in [0.25, 0.3) is 0 Å². The van der Waals surface area contributed by atoms with Crippen LogP contribution in [0, 0.1) is 11.3 Å². The third-order valence-corrected chi connectivity index (χ3v) is 3.15. The van der Waals surface area contributed by atoms with Crippen molar-refractivity contribution in [2.24, 2.45) is 11.3 Å². The van der Waals surface area contributed by atoms with E-state index in [2.05, 4.69) is 25.8 Å². The van der Waals surface area contributed by atoms with E-state index in [1.807, 2.05) is 0 Å². The SMILES string of the molecule is CCC(C)(CO)CN(C)CC1CC1. The van der Waals surface area contributed by atoms with Crippen LogP contribution in [0.3, 0.4) is 0 Å². The molecule has 2 heteroatoms. The molecule has 0 aromatic carbocycles. The van der Waals surface area contributed by atoms with Crippen LogP contribution < -0.4 is 0 Å². The first kappa shape index (κ1) is 11.0. The van der Waals surface area contributed by atoms with Gasteiger partial charge in [-0.1, -0.05) is 13.8 Å². The molecule has 13 heavy (non-hydrogen) atoms. The number of aliphatic hydroxyl groups is 1. The molecule has 0 aromatic rings. The van der Waals surface area contributed by atoms with Gasteiger partial charge in [-0.05, 0) is 32.2 Å². The highest BCUT2D eigenvalue weighted by molar-refractivity contribution is 4.80. The second-order valence-electron chi connectivity index (χ2n) is 4.96. The van der Waals surface area contributed by atoms with Crippen LogP contribution in [0.15, 0.2) is 0 Å². The van der Waals surface area contributed by atoms with E-state index >= 15 is 0 Å². The zero-order chi connectivity index (χ0) is 9.90. The van der Waals surface area contributed by atoms with Gasteiger partial charge < -0.3 is 10.0 Å². The Hall–Kier alpha value is -0.0800. The molecule has 1 rings (SSSR count). The molecule has 1 N–H and O–H groups in total. The van der Waals surface area contributed by atoms with E-state index < -0.39 is 0 Å². The highest BCUT2D eigenvalue weighted by Gasteiger charge is 2.27. The van der Waals surface area contributed by atoms with Crippen LogP contribution in [0.5, 0.6) is 0 Å². The van der Waals surface area contributed by atoms with Crippen molar-refractivity contribution in [1.29, 1.82) is 0 Å². The average Bonchev–Trinajstić information content (AvgIpc) is 2.88. The third kappa shape index (κ3) is 3.65. The van der Waals surface area contributed by atoms with Crippen LogP contribution in [-0.2, 0) is 0 Å². The van der Waals surface area contributed by atoms with Crippen molar-refractivity contribution in [1.82, 2.24) is 4.90 Å². The number of nitrogens with zero attached hydrogens (tertiary/aromatic N) is 1. The quantitative estimate of drug-likeness (QED) is 0.681. The fourth-order valence-electron chi connectivity index (χ4n) is 1.73. The van der Waals surface area contributed by atoms with Crippen molar-refractivity contribution in [2.45, 2.75) is 33.1 Å². The largest absolute Gasteiger partial charge is 0.396 e. The predicted molar refractivity (Wildman–Crippen MR) is 55.7 cm³/mol. The first-order valence-corrected chi connectivity index (χ1v) is 5.39. The second kappa shape index (κ2) is 4.43. The van der Waals surface area contributed by atoms with Gasteiger partial charge in [0, 0.05) is 25.1 Å². The lowest BCUT2D eigenvalue weighted by atomic mass is 9.88. The fraction of sp³-hybridized carbons (Fsp3) is 1.00. The van der Waals surface area contributed by atoms with Gasteiger partial charge in [-0.15, -0.1) is 0 Å². The molecule has 0 aromatic heterocycles. The molecule has 0 saturated heterocycles. The van der Waals surface area contributed by atoms with E-state index in [4.69, 9.17) is 0 Å². The molecular formula is C11H23NO. The van der Waals surface area contributed by atoms with Gasteiger partial charge >= 0.3 is 0 Å². The van der Waals surface area contributed by atoms with Crippen molar-refractivity contribution in [2.75, 3.05) is 26.7 Å². The zero-order valence-electron chi connectivity index (χ0n) is 9.21. The molecule has 1 fully saturated rings. The Morgan fingerprint density at radius 1 is 1.46 bits per heavy atom. The Morgan fingerprint density at radius 2 is 2.08 bits per heavy atom. The van der Waals surface area contributed by atoms with E-state index in [0.717, 1.165) is 18.9 Å². The molecular weight excluding hydrogens is 162 g/mol. The monoisotopic (exact) mass is 185 g/mol. The summed E-state index contributed by atoms with van der Waals surface area (Å²) in [6.07, 6.45) is 3.87. The smallest absolute Gasteiger partial charge is 0.0496 e. The Kier molecular flexibility index (Phi) is 3.74. The number of aliphatic hydroxyl groups excluding tert-OH is 1. The minimum Gasteiger partial charge on any atom is -0.396 e. The van der Waals surface area contributed by atoms with Gasteiger partial charge in [-0.25, -0.2) is 0 Å². The summed E-state index contributed by atoms with van der Waals surface area (Å²) in [5.41, 5.74) is 0.101. The fourth-order valence-corrected chi connectivity index (χ4v) is 1.73. The Balaban J connectivity index is 2.26. The third-order valence-electron chi connectivity index (χ3n) is 3.15. The van der Waals surface area contributed by atoms with Gasteiger partial charge in [0.15, 0.2) is 0 Å². The van der Waals surface area contributed by atoms with Gasteiger partial charge in [0.05, 0.1) is 0 Å². The van der Waals surface area contributed by atoms with Crippen molar-refractivity contribution in [3.05, 3.63) is 0 Å². The highest BCUT2D eigenvalue weighted by Crippen LogP contribution is 2.30. The molecule has 0 aliphatic heterocycles. The minimum atomic E-state index is 0.101. The van der Waals surface area contributed by atoms with Gasteiger partial charge in [0.2, 0.25) is 0 Å². The van der Waals surface area contributed by atoms with Crippen LogP contribution >= 0.6 is 0 Å². The summed E-state index contributed by atoms with van der Waals surface area (Å²) in [5, 5.41) is 9.26. The lowest BCUT2D eigenvalue weighted by Gasteiger charge is -2.31. The Labute approximate surface area is 81.9 Å². The molecule has 78 valence electrons. The second-order valence-corrected chi connectivity index (χ2v) is 4.96. The van der Waals surface area contributed by atoms with Gasteiger partial charge in [-0.3, -0.25) is 0 Å². The first-order valence-electron chi connectivity index (χ1n) is 5.39. The summed E-state index contributed by atoms with van der Waals surface area (Å²) in [6, 6.07) is 0. The van der Waals surface area contributed by atoms with E-state index in [-0.39, 0.29) is 5.41 Å². The molecule has 0 amide bonds. The molecule has 0 bridgehead atoms. The van der Waals surface area contributed by atoms with Gasteiger partial charge in [-0.2, -0.15) is 0 Å². The number of hydrogen-bond donors (Lipinski definition) is 1. The standard InChI is InChI=1S/C11H23NO/c1-4-11(2,9-13)8-12(3)7-10-5-6-10/h10,13H,4-9H2,1-3H3. The maximum Gasteiger partial charge on any atom is 0.0496 e. The topological polar surface area (TPSA) is 23.5 Å². The number of rotatable bonds is 6. The Morgan fingerprint density at radius 3 is 2.46 bits per heavy atom. The summed E-state index contributed by atoms with van der Waals surface area (Å²) >= 11 is 0. The lowest BCUT2D eigenvalue weighted by molar-refractivity contribution is 0.0939. The molecule has 0 spiro atoms. The van der Waals surface area contributed by atoms with Crippen LogP contribution in [0.4, 0.5) is 0 Å². The van der Waals surface area contributed by atoms with Crippen molar-refractivity contribution in [3.63, 3.8) is 0 Å². The van der Waals surface area contributed by atoms with Gasteiger partial charge in [0.1, 0.15) is 0 Å². The van der Waals surface area contributed by atoms with Crippen LogP contribution in [0.1, 0.15) is 33.1 Å². The minimum absolute atomic E-state index is 0.101. The van der Waals surface area contributed by atoms with Crippen molar-refractivity contribution >= 4 is 0 Å². The predicted octanol–water partition coefficient (Wildman–Crippen LogP) is 1.74. The van der Waals surface area contributed by atoms with E-state index in [1.54, 1.807) is 0 Å². The molecule has 1 aliphatic rings. The molecule has 0 radical (unpaired) electrons. The molecule has 1 saturated carbocycles. The highest BCUT2D eigenvalue weighted by atomic mass is 16.3. The average molecular weight is 185 g/mol. The molecule has 0 heterocycles. The molecule has 1 atom stereocenters. The van der Waals surface area contributed by atoms with E-state index in [9.17, 15) is 5.11 Å². The maximum atomic E-state index is 9.26. The van der Waals surface area contributed by atoms with Crippen molar-refractivity contribution < 1.29 is 5.11 Å². The van der Waals surface area contributed by atoms with Crippen LogP contribution in [-0.4, -0.2) is 36.8 Å². The van der Waals surface area contributed by atoms with E-state index in [0.29, 0.717) is 6.61 Å². The maximum absolute atomic E-state index is 9.26. The first-order chi connectivity index (χ1) is 6.09. The van der Waals surface area contributed by atoms with Gasteiger partial charge in [0.25, 0.3) is 0 Å². The Bertz CT molecular complexity index is 150. The van der Waals surface area contributed by atoms with Crippen molar-refractivity contribution in [3.8, 4) is 0 Å². The zero-order valence-corrected chi connectivity index (χ0v) is 9.21. The number of hydrogen-bond acceptors (Lipinski definition) is 2. The van der Waals surface area contributed by atoms with Crippen LogP contribution in [0.2, 0.25) is 0 Å². The molecule has 1 unspecified atom stereocenters. The molecule has 2 nitrogen and oxygen atoms in total. The molecule has 1 aliphatic carbocycles. The summed E-state index contributed by atoms with van der Waals surface area (Å²) in [7, 11) is 2.17. The summed E-state index contributed by atoms with van der Waals surface area (Å²) in [5.74, 6) is 0.949. The lowest BCUT2D eigenvalue weighted by Crippen LogP contribution is -2.36.